The van der Waals surface area contributed by atoms with Crippen molar-refractivity contribution in [2.24, 2.45) is 0 Å². The van der Waals surface area contributed by atoms with E-state index in [9.17, 15) is 9.59 Å². The number of nitrogens with one attached hydrogen (secondary N) is 2. The number of rotatable bonds is 6. The quantitative estimate of drug-likeness (QED) is 0.451. The molecular weight excluding hydrogens is 394 g/mol. The highest BCUT2D eigenvalue weighted by atomic mass is 35.5. The molecule has 0 aliphatic rings. The van der Waals surface area contributed by atoms with Crippen molar-refractivity contribution in [3.8, 4) is 0 Å². The molecule has 3 aromatic rings. The minimum absolute atomic E-state index is 0.0457. The summed E-state index contributed by atoms with van der Waals surface area (Å²) in [5, 5.41) is 4.03. The van der Waals surface area contributed by atoms with Gasteiger partial charge in [-0.1, -0.05) is 53.7 Å². The molecule has 1 aromatic heterocycles. The minimum Gasteiger partial charge on any atom is -0.326 e. The summed E-state index contributed by atoms with van der Waals surface area (Å²) < 4.78 is 0. The van der Waals surface area contributed by atoms with Crippen molar-refractivity contribution in [3.63, 3.8) is 0 Å². The van der Waals surface area contributed by atoms with Gasteiger partial charge in [-0.3, -0.25) is 9.59 Å². The third-order valence-electron chi connectivity index (χ3n) is 4.22. The van der Waals surface area contributed by atoms with Gasteiger partial charge in [-0.25, -0.2) is 4.98 Å². The Hall–Kier alpha value is -2.57. The number of H-pyrrole nitrogens is 1. The number of carbonyl (C=O) groups excluding carboxylic acids is 1. The average molecular weight is 414 g/mol. The van der Waals surface area contributed by atoms with E-state index < -0.39 is 0 Å². The maximum absolute atomic E-state index is 12.5. The maximum atomic E-state index is 12.5. The van der Waals surface area contributed by atoms with Crippen LogP contribution in [0.5, 0.6) is 0 Å². The monoisotopic (exact) mass is 413 g/mol. The lowest BCUT2D eigenvalue weighted by atomic mass is 10.1. The van der Waals surface area contributed by atoms with Gasteiger partial charge >= 0.3 is 0 Å². The van der Waals surface area contributed by atoms with Crippen LogP contribution in [0, 0.1) is 6.92 Å². The molecule has 3 rings (SSSR count). The molecule has 0 aliphatic heterocycles. The van der Waals surface area contributed by atoms with Gasteiger partial charge in [0.1, 0.15) is 0 Å². The molecule has 2 aromatic carbocycles. The Balaban J connectivity index is 1.70. The number of halogens is 1. The summed E-state index contributed by atoms with van der Waals surface area (Å²) >= 11 is 7.32. The number of anilines is 1. The van der Waals surface area contributed by atoms with Gasteiger partial charge in [0, 0.05) is 27.2 Å². The second-order valence-corrected chi connectivity index (χ2v) is 8.10. The van der Waals surface area contributed by atoms with E-state index >= 15 is 0 Å². The van der Waals surface area contributed by atoms with E-state index in [0.29, 0.717) is 27.1 Å². The van der Waals surface area contributed by atoms with Gasteiger partial charge in [-0.2, -0.15) is 0 Å². The molecule has 1 amide bonds. The number of aromatic amines is 1. The standard InChI is InChI=1S/C21H20ClN3O2S/c1-13-18(12-19(26)24-17-10-8-16(22)9-11-17)20(27)25-21(23-13)28-14(2)15-6-4-3-5-7-15/h3-11,14H,12H2,1-2H3,(H,24,26)(H,23,25,27). The first-order chi connectivity index (χ1) is 13.4. The van der Waals surface area contributed by atoms with E-state index in [1.807, 2.05) is 30.3 Å². The second-order valence-electron chi connectivity index (χ2n) is 6.34. The summed E-state index contributed by atoms with van der Waals surface area (Å²) in [4.78, 5) is 32.1. The predicted molar refractivity (Wildman–Crippen MR) is 114 cm³/mol. The number of benzene rings is 2. The fourth-order valence-corrected chi connectivity index (χ4v) is 3.80. The van der Waals surface area contributed by atoms with Crippen LogP contribution in [0.15, 0.2) is 64.5 Å². The van der Waals surface area contributed by atoms with Crippen molar-refractivity contribution < 1.29 is 4.79 Å². The molecule has 1 heterocycles. The van der Waals surface area contributed by atoms with E-state index in [2.05, 4.69) is 22.2 Å². The number of amides is 1. The molecule has 1 unspecified atom stereocenters. The first-order valence-corrected chi connectivity index (χ1v) is 10.0. The van der Waals surface area contributed by atoms with Crippen LogP contribution in [-0.2, 0) is 11.2 Å². The van der Waals surface area contributed by atoms with Crippen LogP contribution in [0.1, 0.15) is 29.0 Å². The van der Waals surface area contributed by atoms with Crippen LogP contribution in [0.25, 0.3) is 0 Å². The first-order valence-electron chi connectivity index (χ1n) is 8.79. The number of hydrogen-bond donors (Lipinski definition) is 2. The zero-order valence-corrected chi connectivity index (χ0v) is 17.1. The molecule has 2 N–H and O–H groups in total. The average Bonchev–Trinajstić information content (AvgIpc) is 2.67. The van der Waals surface area contributed by atoms with Crippen molar-refractivity contribution in [1.82, 2.24) is 9.97 Å². The topological polar surface area (TPSA) is 74.8 Å². The third-order valence-corrected chi connectivity index (χ3v) is 5.52. The van der Waals surface area contributed by atoms with E-state index in [1.54, 1.807) is 31.2 Å². The molecule has 28 heavy (non-hydrogen) atoms. The Kier molecular flexibility index (Phi) is 6.54. The predicted octanol–water partition coefficient (Wildman–Crippen LogP) is 4.77. The Morgan fingerprint density at radius 1 is 1.18 bits per heavy atom. The SMILES string of the molecule is Cc1nc(SC(C)c2ccccc2)[nH]c(=O)c1CC(=O)Nc1ccc(Cl)cc1. The molecule has 7 heteroatoms. The lowest BCUT2D eigenvalue weighted by Gasteiger charge is -2.12. The highest BCUT2D eigenvalue weighted by molar-refractivity contribution is 7.99. The van der Waals surface area contributed by atoms with E-state index in [0.717, 1.165) is 5.56 Å². The van der Waals surface area contributed by atoms with E-state index in [1.165, 1.54) is 11.8 Å². The van der Waals surface area contributed by atoms with Crippen molar-refractivity contribution in [2.75, 3.05) is 5.32 Å². The second kappa shape index (κ2) is 9.08. The normalized spacial score (nSPS) is 11.8. The lowest BCUT2D eigenvalue weighted by molar-refractivity contribution is -0.115. The molecular formula is C21H20ClN3O2S. The summed E-state index contributed by atoms with van der Waals surface area (Å²) in [6.45, 7) is 3.81. The Labute approximate surface area is 172 Å². The van der Waals surface area contributed by atoms with Crippen molar-refractivity contribution in [2.45, 2.75) is 30.7 Å². The summed E-state index contributed by atoms with van der Waals surface area (Å²) in [6, 6.07) is 16.8. The number of aromatic nitrogens is 2. The first kappa shape index (κ1) is 20.2. The fraction of sp³-hybridized carbons (Fsp3) is 0.190. The molecule has 0 saturated heterocycles. The van der Waals surface area contributed by atoms with E-state index in [4.69, 9.17) is 11.6 Å². The van der Waals surface area contributed by atoms with Gasteiger partial charge in [-0.05, 0) is 43.7 Å². The van der Waals surface area contributed by atoms with Gasteiger partial charge in [0.15, 0.2) is 5.16 Å². The molecule has 0 spiro atoms. The zero-order valence-electron chi connectivity index (χ0n) is 15.5. The summed E-state index contributed by atoms with van der Waals surface area (Å²) in [5.74, 6) is -0.282. The fourth-order valence-electron chi connectivity index (χ4n) is 2.71. The summed E-state index contributed by atoms with van der Waals surface area (Å²) in [6.07, 6.45) is -0.0457. The molecule has 0 fully saturated rings. The number of aryl methyl sites for hydroxylation is 1. The highest BCUT2D eigenvalue weighted by Crippen LogP contribution is 2.32. The maximum Gasteiger partial charge on any atom is 0.255 e. The number of hydrogen-bond acceptors (Lipinski definition) is 4. The summed E-state index contributed by atoms with van der Waals surface area (Å²) in [7, 11) is 0. The minimum atomic E-state index is -0.290. The Morgan fingerprint density at radius 2 is 1.86 bits per heavy atom. The van der Waals surface area contributed by atoms with Crippen LogP contribution >= 0.6 is 23.4 Å². The highest BCUT2D eigenvalue weighted by Gasteiger charge is 2.15. The molecule has 144 valence electrons. The van der Waals surface area contributed by atoms with Crippen LogP contribution in [0.4, 0.5) is 5.69 Å². The van der Waals surface area contributed by atoms with Crippen LogP contribution in [-0.4, -0.2) is 15.9 Å². The molecule has 5 nitrogen and oxygen atoms in total. The van der Waals surface area contributed by atoms with Crippen molar-refractivity contribution in [3.05, 3.63) is 86.8 Å². The van der Waals surface area contributed by atoms with Gasteiger partial charge in [0.2, 0.25) is 5.91 Å². The van der Waals surface area contributed by atoms with Crippen LogP contribution in [0.2, 0.25) is 5.02 Å². The largest absolute Gasteiger partial charge is 0.326 e. The molecule has 1 atom stereocenters. The van der Waals surface area contributed by atoms with Gasteiger partial charge in [-0.15, -0.1) is 0 Å². The van der Waals surface area contributed by atoms with Gasteiger partial charge < -0.3 is 10.3 Å². The zero-order chi connectivity index (χ0) is 20.1. The van der Waals surface area contributed by atoms with Gasteiger partial charge in [0.25, 0.3) is 5.56 Å². The molecule has 0 bridgehead atoms. The Morgan fingerprint density at radius 3 is 2.50 bits per heavy atom. The van der Waals surface area contributed by atoms with Crippen molar-refractivity contribution in [1.29, 1.82) is 0 Å². The number of thioether (sulfide) groups is 1. The smallest absolute Gasteiger partial charge is 0.255 e. The Bertz CT molecular complexity index is 1020. The van der Waals surface area contributed by atoms with E-state index in [-0.39, 0.29) is 23.1 Å². The molecule has 0 saturated carbocycles. The van der Waals surface area contributed by atoms with Gasteiger partial charge in [0.05, 0.1) is 6.42 Å². The lowest BCUT2D eigenvalue weighted by Crippen LogP contribution is -2.23. The van der Waals surface area contributed by atoms with Crippen LogP contribution < -0.4 is 10.9 Å². The third kappa shape index (κ3) is 5.24. The molecule has 0 aliphatic carbocycles. The van der Waals surface area contributed by atoms with Crippen LogP contribution in [0.3, 0.4) is 0 Å². The summed E-state index contributed by atoms with van der Waals surface area (Å²) in [5.41, 5.74) is 2.40. The number of nitrogens with zero attached hydrogens (tertiary/aromatic N) is 1. The molecule has 0 radical (unpaired) electrons. The number of carbonyl (C=O) groups is 1. The van der Waals surface area contributed by atoms with Crippen molar-refractivity contribution >= 4 is 35.0 Å².